The normalized spacial score (nSPS) is 15.4. The minimum atomic E-state index is -0.127. The monoisotopic (exact) mass is 208 g/mol. The van der Waals surface area contributed by atoms with E-state index in [9.17, 15) is 9.90 Å². The van der Waals surface area contributed by atoms with Crippen LogP contribution in [0.3, 0.4) is 0 Å². The predicted octanol–water partition coefficient (Wildman–Crippen LogP) is 1.43. The third-order valence-corrected chi connectivity index (χ3v) is 2.51. The number of phenolic OH excluding ortho intramolecular Hbond substituents is 1. The van der Waals surface area contributed by atoms with Crippen molar-refractivity contribution in [2.24, 2.45) is 4.99 Å². The summed E-state index contributed by atoms with van der Waals surface area (Å²) in [7, 11) is 0. The zero-order valence-corrected chi connectivity index (χ0v) is 8.04. The van der Waals surface area contributed by atoms with Crippen LogP contribution in [0.2, 0.25) is 0 Å². The first-order valence-corrected chi connectivity index (χ1v) is 5.03. The second-order valence-corrected chi connectivity index (χ2v) is 3.74. The van der Waals surface area contributed by atoms with Crippen LogP contribution in [0.25, 0.3) is 0 Å². The van der Waals surface area contributed by atoms with Gasteiger partial charge in [0.05, 0.1) is 5.75 Å². The Morgan fingerprint density at radius 2 is 2.36 bits per heavy atom. The molecule has 72 valence electrons. The molecule has 0 saturated carbocycles. The Morgan fingerprint density at radius 3 is 3.00 bits per heavy atom. The molecule has 1 amide bonds. The summed E-state index contributed by atoms with van der Waals surface area (Å²) >= 11 is 1.36. The number of anilines is 1. The number of rotatable bonds is 1. The van der Waals surface area contributed by atoms with Crippen molar-refractivity contribution in [2.75, 3.05) is 11.1 Å². The molecule has 0 aromatic heterocycles. The molecule has 2 rings (SSSR count). The molecular formula is C9H8N2O2S. The van der Waals surface area contributed by atoms with Crippen LogP contribution in [0.1, 0.15) is 0 Å². The van der Waals surface area contributed by atoms with Gasteiger partial charge in [-0.2, -0.15) is 4.99 Å². The number of nitrogens with zero attached hydrogens (tertiary/aromatic N) is 1. The third-order valence-electron chi connectivity index (χ3n) is 1.66. The number of carbonyl (C=O) groups is 1. The highest BCUT2D eigenvalue weighted by Crippen LogP contribution is 2.19. The number of hydrogen-bond acceptors (Lipinski definition) is 4. The molecule has 1 aromatic rings. The fourth-order valence-corrected chi connectivity index (χ4v) is 1.76. The summed E-state index contributed by atoms with van der Waals surface area (Å²) in [6.07, 6.45) is 0. The lowest BCUT2D eigenvalue weighted by Crippen LogP contribution is -2.04. The molecule has 0 saturated heterocycles. The van der Waals surface area contributed by atoms with E-state index in [-0.39, 0.29) is 11.7 Å². The van der Waals surface area contributed by atoms with E-state index in [1.54, 1.807) is 24.3 Å². The molecule has 2 N–H and O–H groups in total. The van der Waals surface area contributed by atoms with Crippen LogP contribution >= 0.6 is 11.8 Å². The van der Waals surface area contributed by atoms with Crippen LogP contribution in [0.4, 0.5) is 5.69 Å². The van der Waals surface area contributed by atoms with Gasteiger partial charge in [-0.3, -0.25) is 4.79 Å². The van der Waals surface area contributed by atoms with E-state index in [1.165, 1.54) is 11.8 Å². The van der Waals surface area contributed by atoms with Crippen molar-refractivity contribution >= 4 is 28.5 Å². The highest BCUT2D eigenvalue weighted by molar-refractivity contribution is 8.15. The van der Waals surface area contributed by atoms with Gasteiger partial charge in [0.2, 0.25) is 0 Å². The van der Waals surface area contributed by atoms with E-state index in [4.69, 9.17) is 0 Å². The first-order valence-electron chi connectivity index (χ1n) is 4.04. The van der Waals surface area contributed by atoms with Crippen LogP contribution in [0, 0.1) is 0 Å². The van der Waals surface area contributed by atoms with Gasteiger partial charge in [0.25, 0.3) is 5.91 Å². The zero-order chi connectivity index (χ0) is 9.97. The molecular weight excluding hydrogens is 200 g/mol. The van der Waals surface area contributed by atoms with Crippen molar-refractivity contribution in [1.29, 1.82) is 0 Å². The number of thioether (sulfide) groups is 1. The number of aromatic hydroxyl groups is 1. The number of aliphatic imine (C=N–C) groups is 1. The Hall–Kier alpha value is -1.49. The lowest BCUT2D eigenvalue weighted by Gasteiger charge is -2.03. The number of nitrogens with one attached hydrogen (secondary N) is 1. The molecule has 0 radical (unpaired) electrons. The second-order valence-electron chi connectivity index (χ2n) is 2.77. The van der Waals surface area contributed by atoms with E-state index in [0.717, 1.165) is 5.69 Å². The average molecular weight is 208 g/mol. The standard InChI is InChI=1S/C9H8N2O2S/c12-7-3-1-2-6(4-7)10-9-11-8(13)5-14-9/h1-4,12H,5H2,(H,10,11,13). The fourth-order valence-electron chi connectivity index (χ4n) is 1.08. The van der Waals surface area contributed by atoms with Gasteiger partial charge in [-0.25, -0.2) is 0 Å². The van der Waals surface area contributed by atoms with E-state index >= 15 is 0 Å². The zero-order valence-electron chi connectivity index (χ0n) is 7.23. The van der Waals surface area contributed by atoms with E-state index in [0.29, 0.717) is 10.9 Å². The average Bonchev–Trinajstić information content (AvgIpc) is 2.51. The molecule has 5 heteroatoms. The summed E-state index contributed by atoms with van der Waals surface area (Å²) in [5.41, 5.74) is 0.728. The smallest absolute Gasteiger partial charge is 0.258 e. The van der Waals surface area contributed by atoms with Gasteiger partial charge in [0.1, 0.15) is 5.75 Å². The lowest BCUT2D eigenvalue weighted by atomic mass is 10.3. The maximum absolute atomic E-state index is 10.8. The molecule has 1 aliphatic rings. The van der Waals surface area contributed by atoms with E-state index < -0.39 is 0 Å². The highest BCUT2D eigenvalue weighted by atomic mass is 32.2. The Kier molecular flexibility index (Phi) is 2.41. The van der Waals surface area contributed by atoms with E-state index in [1.807, 2.05) is 0 Å². The topological polar surface area (TPSA) is 61.7 Å². The Morgan fingerprint density at radius 1 is 1.50 bits per heavy atom. The number of hydrogen-bond donors (Lipinski definition) is 2. The lowest BCUT2D eigenvalue weighted by molar-refractivity contribution is -0.115. The van der Waals surface area contributed by atoms with Crippen molar-refractivity contribution in [3.05, 3.63) is 24.3 Å². The van der Waals surface area contributed by atoms with Gasteiger partial charge in [-0.1, -0.05) is 17.8 Å². The van der Waals surface area contributed by atoms with Crippen molar-refractivity contribution < 1.29 is 9.90 Å². The Labute approximate surface area is 85.0 Å². The summed E-state index contributed by atoms with van der Waals surface area (Å²) in [6, 6.07) is 6.68. The number of benzene rings is 1. The van der Waals surface area contributed by atoms with E-state index in [2.05, 4.69) is 10.3 Å². The summed E-state index contributed by atoms with van der Waals surface area (Å²) in [6.45, 7) is 0. The summed E-state index contributed by atoms with van der Waals surface area (Å²) in [4.78, 5) is 14.6. The molecule has 1 aromatic carbocycles. The number of phenols is 1. The fraction of sp³-hybridized carbons (Fsp3) is 0.111. The first-order chi connectivity index (χ1) is 6.74. The van der Waals surface area contributed by atoms with Crippen molar-refractivity contribution in [3.8, 4) is 5.75 Å². The Bertz CT molecular complexity index is 404. The van der Waals surface area contributed by atoms with Crippen LogP contribution in [-0.4, -0.2) is 21.9 Å². The number of carbonyl (C=O) groups excluding carboxylic acids is 1. The van der Waals surface area contributed by atoms with Crippen molar-refractivity contribution in [1.82, 2.24) is 0 Å². The van der Waals surface area contributed by atoms with Gasteiger partial charge < -0.3 is 10.4 Å². The molecule has 1 aliphatic heterocycles. The maximum Gasteiger partial charge on any atom is 0.258 e. The third kappa shape index (κ3) is 2.05. The van der Waals surface area contributed by atoms with Gasteiger partial charge >= 0.3 is 0 Å². The molecule has 0 aliphatic carbocycles. The molecule has 0 unspecified atom stereocenters. The molecule has 14 heavy (non-hydrogen) atoms. The van der Waals surface area contributed by atoms with Gasteiger partial charge in [-0.15, -0.1) is 0 Å². The SMILES string of the molecule is O=C1CSC(Nc2cccc(O)c2)=N1. The predicted molar refractivity (Wildman–Crippen MR) is 56.6 cm³/mol. The molecule has 0 fully saturated rings. The highest BCUT2D eigenvalue weighted by Gasteiger charge is 2.14. The van der Waals surface area contributed by atoms with Gasteiger partial charge in [0.15, 0.2) is 5.17 Å². The van der Waals surface area contributed by atoms with Crippen LogP contribution < -0.4 is 5.32 Å². The first kappa shape index (κ1) is 9.08. The largest absolute Gasteiger partial charge is 0.508 e. The van der Waals surface area contributed by atoms with Crippen LogP contribution in [0.15, 0.2) is 29.3 Å². The van der Waals surface area contributed by atoms with Crippen molar-refractivity contribution in [2.45, 2.75) is 0 Å². The minimum absolute atomic E-state index is 0.127. The van der Waals surface area contributed by atoms with Crippen LogP contribution in [-0.2, 0) is 4.79 Å². The summed E-state index contributed by atoms with van der Waals surface area (Å²) in [5, 5.41) is 12.7. The summed E-state index contributed by atoms with van der Waals surface area (Å²) < 4.78 is 0. The van der Waals surface area contributed by atoms with Gasteiger partial charge in [-0.05, 0) is 12.1 Å². The molecule has 0 bridgehead atoms. The molecule has 0 spiro atoms. The number of amides is 1. The number of amidine groups is 1. The summed E-state index contributed by atoms with van der Waals surface area (Å²) in [5.74, 6) is 0.448. The molecule has 0 atom stereocenters. The van der Waals surface area contributed by atoms with Gasteiger partial charge in [0, 0.05) is 11.8 Å². The quantitative estimate of drug-likeness (QED) is 0.733. The molecule has 1 heterocycles. The second kappa shape index (κ2) is 3.71. The van der Waals surface area contributed by atoms with Crippen LogP contribution in [0.5, 0.6) is 5.75 Å². The minimum Gasteiger partial charge on any atom is -0.508 e. The molecule has 4 nitrogen and oxygen atoms in total. The maximum atomic E-state index is 10.8. The van der Waals surface area contributed by atoms with Crippen molar-refractivity contribution in [3.63, 3.8) is 0 Å². The Balaban J connectivity index is 2.11.